The first-order valence-corrected chi connectivity index (χ1v) is 5.84. The van der Waals surface area contributed by atoms with Gasteiger partial charge in [0.05, 0.1) is 31.2 Å². The summed E-state index contributed by atoms with van der Waals surface area (Å²) in [5.74, 6) is 0. The van der Waals surface area contributed by atoms with E-state index in [1.54, 1.807) is 11.8 Å². The summed E-state index contributed by atoms with van der Waals surface area (Å²) in [7, 11) is 3.59. The van der Waals surface area contributed by atoms with Gasteiger partial charge in [-0.1, -0.05) is 5.21 Å². The maximum atomic E-state index is 4.95. The van der Waals surface area contributed by atoms with Crippen molar-refractivity contribution >= 4 is 0 Å². The summed E-state index contributed by atoms with van der Waals surface area (Å²) >= 11 is 0. The number of aryl methyl sites for hydroxylation is 1. The van der Waals surface area contributed by atoms with Gasteiger partial charge in [-0.05, 0) is 0 Å². The largest absolute Gasteiger partial charge is 0.383 e. The van der Waals surface area contributed by atoms with Gasteiger partial charge >= 0.3 is 0 Å². The van der Waals surface area contributed by atoms with E-state index in [1.165, 1.54) is 0 Å². The van der Waals surface area contributed by atoms with E-state index in [4.69, 9.17) is 4.74 Å². The molecule has 0 saturated heterocycles. The normalized spacial score (nSPS) is 11.0. The molecule has 2 aromatic heterocycles. The van der Waals surface area contributed by atoms with E-state index < -0.39 is 0 Å². The molecule has 18 heavy (non-hydrogen) atoms. The van der Waals surface area contributed by atoms with Crippen LogP contribution in [0.15, 0.2) is 18.6 Å². The van der Waals surface area contributed by atoms with E-state index in [1.807, 2.05) is 30.3 Å². The molecule has 0 aliphatic rings. The SMILES string of the molecule is COCCNCc1cn(Cc2cnn(C)c2)nn1. The molecule has 0 saturated carbocycles. The third-order valence-electron chi connectivity index (χ3n) is 2.48. The van der Waals surface area contributed by atoms with Gasteiger partial charge in [0, 0.05) is 39.0 Å². The number of hydrogen-bond acceptors (Lipinski definition) is 5. The van der Waals surface area contributed by atoms with Gasteiger partial charge in [-0.15, -0.1) is 5.10 Å². The zero-order valence-electron chi connectivity index (χ0n) is 10.7. The third kappa shape index (κ3) is 3.64. The van der Waals surface area contributed by atoms with Crippen LogP contribution < -0.4 is 5.32 Å². The molecule has 7 nitrogen and oxygen atoms in total. The molecule has 2 aromatic rings. The topological polar surface area (TPSA) is 69.8 Å². The van der Waals surface area contributed by atoms with Gasteiger partial charge in [0.2, 0.25) is 0 Å². The third-order valence-corrected chi connectivity index (χ3v) is 2.48. The Morgan fingerprint density at radius 2 is 2.28 bits per heavy atom. The highest BCUT2D eigenvalue weighted by atomic mass is 16.5. The second-order valence-electron chi connectivity index (χ2n) is 4.10. The maximum Gasteiger partial charge on any atom is 0.0964 e. The summed E-state index contributed by atoms with van der Waals surface area (Å²) in [5.41, 5.74) is 2.04. The molecular weight excluding hydrogens is 232 g/mol. The molecule has 0 radical (unpaired) electrons. The Morgan fingerprint density at radius 1 is 1.39 bits per heavy atom. The van der Waals surface area contributed by atoms with Crippen LogP contribution in [0.3, 0.4) is 0 Å². The van der Waals surface area contributed by atoms with Crippen molar-refractivity contribution in [2.75, 3.05) is 20.3 Å². The second-order valence-corrected chi connectivity index (χ2v) is 4.10. The minimum atomic E-state index is 0.693. The number of methoxy groups -OCH3 is 1. The van der Waals surface area contributed by atoms with Crippen molar-refractivity contribution in [1.82, 2.24) is 30.1 Å². The van der Waals surface area contributed by atoms with Crippen LogP contribution in [0.5, 0.6) is 0 Å². The molecule has 0 unspecified atom stereocenters. The zero-order chi connectivity index (χ0) is 12.8. The van der Waals surface area contributed by atoms with Crippen molar-refractivity contribution < 1.29 is 4.74 Å². The Labute approximate surface area is 106 Å². The average molecular weight is 250 g/mol. The lowest BCUT2D eigenvalue weighted by atomic mass is 10.3. The van der Waals surface area contributed by atoms with Crippen LogP contribution >= 0.6 is 0 Å². The molecule has 98 valence electrons. The zero-order valence-corrected chi connectivity index (χ0v) is 10.7. The number of hydrogen-bond donors (Lipinski definition) is 1. The van der Waals surface area contributed by atoms with Crippen molar-refractivity contribution in [3.63, 3.8) is 0 Å². The molecule has 0 aliphatic carbocycles. The summed E-state index contributed by atoms with van der Waals surface area (Å²) in [6.07, 6.45) is 5.74. The lowest BCUT2D eigenvalue weighted by Gasteiger charge is -1.99. The highest BCUT2D eigenvalue weighted by Crippen LogP contribution is 2.00. The minimum Gasteiger partial charge on any atom is -0.383 e. The van der Waals surface area contributed by atoms with Crippen LogP contribution in [0.2, 0.25) is 0 Å². The number of ether oxygens (including phenoxy) is 1. The van der Waals surface area contributed by atoms with Gasteiger partial charge in [-0.25, -0.2) is 4.68 Å². The van der Waals surface area contributed by atoms with E-state index >= 15 is 0 Å². The lowest BCUT2D eigenvalue weighted by molar-refractivity contribution is 0.199. The van der Waals surface area contributed by atoms with E-state index in [9.17, 15) is 0 Å². The predicted molar refractivity (Wildman–Crippen MR) is 65.9 cm³/mol. The number of nitrogens with one attached hydrogen (secondary N) is 1. The Bertz CT molecular complexity index is 477. The highest BCUT2D eigenvalue weighted by Gasteiger charge is 2.02. The molecule has 2 heterocycles. The monoisotopic (exact) mass is 250 g/mol. The highest BCUT2D eigenvalue weighted by molar-refractivity contribution is 5.04. The van der Waals surface area contributed by atoms with Crippen LogP contribution in [-0.4, -0.2) is 45.0 Å². The van der Waals surface area contributed by atoms with E-state index in [0.29, 0.717) is 19.7 Å². The Morgan fingerprint density at radius 3 is 3.00 bits per heavy atom. The summed E-state index contributed by atoms with van der Waals surface area (Å²) in [5, 5.41) is 15.5. The van der Waals surface area contributed by atoms with Crippen LogP contribution in [0.4, 0.5) is 0 Å². The molecule has 0 amide bonds. The van der Waals surface area contributed by atoms with Gasteiger partial charge in [-0.3, -0.25) is 4.68 Å². The van der Waals surface area contributed by atoms with Gasteiger partial charge < -0.3 is 10.1 Å². The fourth-order valence-electron chi connectivity index (χ4n) is 1.63. The summed E-state index contributed by atoms with van der Waals surface area (Å²) in [6, 6.07) is 0. The smallest absolute Gasteiger partial charge is 0.0964 e. The molecule has 2 rings (SSSR count). The van der Waals surface area contributed by atoms with Crippen LogP contribution in [0.1, 0.15) is 11.3 Å². The van der Waals surface area contributed by atoms with Gasteiger partial charge in [0.15, 0.2) is 0 Å². The van der Waals surface area contributed by atoms with Gasteiger partial charge in [-0.2, -0.15) is 5.10 Å². The van der Waals surface area contributed by atoms with E-state index in [0.717, 1.165) is 17.8 Å². The van der Waals surface area contributed by atoms with Crippen molar-refractivity contribution in [3.8, 4) is 0 Å². The molecule has 7 heteroatoms. The van der Waals surface area contributed by atoms with Gasteiger partial charge in [0.1, 0.15) is 0 Å². The average Bonchev–Trinajstić information content (AvgIpc) is 2.95. The molecule has 0 aliphatic heterocycles. The Balaban J connectivity index is 1.82. The Hall–Kier alpha value is -1.73. The fourth-order valence-corrected chi connectivity index (χ4v) is 1.63. The molecule has 0 aromatic carbocycles. The quantitative estimate of drug-likeness (QED) is 0.689. The van der Waals surface area contributed by atoms with Crippen molar-refractivity contribution in [3.05, 3.63) is 29.8 Å². The first-order valence-electron chi connectivity index (χ1n) is 5.84. The second kappa shape index (κ2) is 6.27. The predicted octanol–water partition coefficient (Wildman–Crippen LogP) is -0.204. The standard InChI is InChI=1S/C11H18N6O/c1-16-7-10(5-13-16)8-17-9-11(14-15-17)6-12-3-4-18-2/h5,7,9,12H,3-4,6,8H2,1-2H3. The summed E-state index contributed by atoms with van der Waals surface area (Å²) in [6.45, 7) is 2.91. The molecule has 0 spiro atoms. The fraction of sp³-hybridized carbons (Fsp3) is 0.545. The van der Waals surface area contributed by atoms with E-state index in [-0.39, 0.29) is 0 Å². The first kappa shape index (κ1) is 12.7. The Kier molecular flexibility index (Phi) is 4.43. The molecule has 0 bridgehead atoms. The summed E-state index contributed by atoms with van der Waals surface area (Å²) in [4.78, 5) is 0. The number of nitrogens with zero attached hydrogens (tertiary/aromatic N) is 5. The number of aromatic nitrogens is 5. The van der Waals surface area contributed by atoms with Crippen LogP contribution in [0.25, 0.3) is 0 Å². The maximum absolute atomic E-state index is 4.95. The molecular formula is C11H18N6O. The molecule has 0 fully saturated rings. The first-order chi connectivity index (χ1) is 8.78. The van der Waals surface area contributed by atoms with E-state index in [2.05, 4.69) is 20.7 Å². The summed E-state index contributed by atoms with van der Waals surface area (Å²) < 4.78 is 8.54. The lowest BCUT2D eigenvalue weighted by Crippen LogP contribution is -2.18. The molecule has 1 N–H and O–H groups in total. The van der Waals surface area contributed by atoms with Crippen LogP contribution in [0, 0.1) is 0 Å². The molecule has 0 atom stereocenters. The van der Waals surface area contributed by atoms with Crippen molar-refractivity contribution in [2.24, 2.45) is 7.05 Å². The van der Waals surface area contributed by atoms with Gasteiger partial charge in [0.25, 0.3) is 0 Å². The van der Waals surface area contributed by atoms with Crippen molar-refractivity contribution in [1.29, 1.82) is 0 Å². The minimum absolute atomic E-state index is 0.693. The van der Waals surface area contributed by atoms with Crippen LogP contribution in [-0.2, 0) is 24.9 Å². The van der Waals surface area contributed by atoms with Crippen molar-refractivity contribution in [2.45, 2.75) is 13.1 Å². The number of rotatable bonds is 7.